The van der Waals surface area contributed by atoms with E-state index in [2.05, 4.69) is 12.2 Å². The summed E-state index contributed by atoms with van der Waals surface area (Å²) in [6.07, 6.45) is 2.07. The minimum atomic E-state index is -0.429. The van der Waals surface area contributed by atoms with Crippen LogP contribution in [-0.2, 0) is 20.9 Å². The lowest BCUT2D eigenvalue weighted by molar-refractivity contribution is -0.140. The summed E-state index contributed by atoms with van der Waals surface area (Å²) >= 11 is 6.03. The molecule has 3 rings (SSSR count). The molecule has 0 aliphatic carbocycles. The Labute approximate surface area is 205 Å². The van der Waals surface area contributed by atoms with E-state index in [0.717, 1.165) is 24.0 Å². The Morgan fingerprint density at radius 2 is 1.88 bits per heavy atom. The molecule has 1 heterocycles. The fourth-order valence-corrected chi connectivity index (χ4v) is 4.26. The minimum Gasteiger partial charge on any atom is -0.463 e. The third-order valence-corrected chi connectivity index (χ3v) is 6.19. The highest BCUT2D eigenvalue weighted by atomic mass is 35.5. The molecule has 7 heteroatoms. The molecule has 2 aromatic rings. The van der Waals surface area contributed by atoms with Gasteiger partial charge in [-0.05, 0) is 55.7 Å². The number of benzene rings is 2. The number of carbonyl (C=O) groups excluding carboxylic acids is 3. The Balaban J connectivity index is 1.90. The third-order valence-electron chi connectivity index (χ3n) is 5.94. The van der Waals surface area contributed by atoms with E-state index in [1.54, 1.807) is 49.1 Å². The van der Waals surface area contributed by atoms with Gasteiger partial charge in [0, 0.05) is 35.2 Å². The molecule has 0 saturated carbocycles. The second-order valence-electron chi connectivity index (χ2n) is 8.32. The van der Waals surface area contributed by atoms with E-state index < -0.39 is 11.9 Å². The Kier molecular flexibility index (Phi) is 8.88. The lowest BCUT2D eigenvalue weighted by Crippen LogP contribution is -2.38. The number of amides is 2. The van der Waals surface area contributed by atoms with E-state index in [0.29, 0.717) is 28.4 Å². The maximum Gasteiger partial charge on any atom is 0.336 e. The number of allylic oxidation sites excluding steroid dienone is 1. The first-order chi connectivity index (χ1) is 16.3. The molecule has 1 atom stereocenters. The summed E-state index contributed by atoms with van der Waals surface area (Å²) in [7, 11) is 0. The van der Waals surface area contributed by atoms with E-state index in [4.69, 9.17) is 16.3 Å². The fourth-order valence-electron chi connectivity index (χ4n) is 4.13. The number of nitrogens with zero attached hydrogens (tertiary/aromatic N) is 1. The molecule has 34 heavy (non-hydrogen) atoms. The zero-order valence-electron chi connectivity index (χ0n) is 19.9. The van der Waals surface area contributed by atoms with Crippen molar-refractivity contribution in [3.63, 3.8) is 0 Å². The minimum absolute atomic E-state index is 0.0942. The van der Waals surface area contributed by atoms with Crippen molar-refractivity contribution >= 4 is 29.4 Å². The number of rotatable bonds is 9. The summed E-state index contributed by atoms with van der Waals surface area (Å²) in [5, 5.41) is 3.50. The Morgan fingerprint density at radius 1 is 1.15 bits per heavy atom. The van der Waals surface area contributed by atoms with Crippen LogP contribution in [0.5, 0.6) is 0 Å². The van der Waals surface area contributed by atoms with Crippen molar-refractivity contribution in [2.45, 2.75) is 52.5 Å². The zero-order chi connectivity index (χ0) is 24.7. The molecule has 0 spiro atoms. The van der Waals surface area contributed by atoms with Crippen LogP contribution in [0.25, 0.3) is 0 Å². The van der Waals surface area contributed by atoms with E-state index in [-0.39, 0.29) is 31.4 Å². The SMILES string of the molecule is CCCCNC(=O)c1cccc(CN2C(=O)CC(c3ccc(Cl)cc3)C(C(=O)OCC)=C2C)c1. The molecular formula is C27H31ClN2O4. The first-order valence-corrected chi connectivity index (χ1v) is 12.0. The molecule has 1 aliphatic heterocycles. The summed E-state index contributed by atoms with van der Waals surface area (Å²) in [6, 6.07) is 14.4. The summed E-state index contributed by atoms with van der Waals surface area (Å²) in [5.74, 6) is -1.07. The van der Waals surface area contributed by atoms with Crippen LogP contribution in [0.3, 0.4) is 0 Å². The normalized spacial score (nSPS) is 15.9. The van der Waals surface area contributed by atoms with Gasteiger partial charge in [-0.1, -0.05) is 49.2 Å². The van der Waals surface area contributed by atoms with Gasteiger partial charge >= 0.3 is 5.97 Å². The molecule has 1 aliphatic rings. The molecular weight excluding hydrogens is 452 g/mol. The largest absolute Gasteiger partial charge is 0.463 e. The van der Waals surface area contributed by atoms with Crippen LogP contribution < -0.4 is 5.32 Å². The van der Waals surface area contributed by atoms with Gasteiger partial charge in [0.2, 0.25) is 5.91 Å². The highest BCUT2D eigenvalue weighted by Gasteiger charge is 2.36. The van der Waals surface area contributed by atoms with Crippen molar-refractivity contribution in [1.82, 2.24) is 10.2 Å². The second kappa shape index (κ2) is 11.8. The first kappa shape index (κ1) is 25.5. The summed E-state index contributed by atoms with van der Waals surface area (Å²) < 4.78 is 5.34. The smallest absolute Gasteiger partial charge is 0.336 e. The molecule has 0 saturated heterocycles. The molecule has 2 aromatic carbocycles. The number of ether oxygens (including phenoxy) is 1. The molecule has 2 amide bonds. The van der Waals surface area contributed by atoms with Crippen molar-refractivity contribution in [1.29, 1.82) is 0 Å². The number of nitrogens with one attached hydrogen (secondary N) is 1. The first-order valence-electron chi connectivity index (χ1n) is 11.7. The van der Waals surface area contributed by atoms with E-state index in [1.165, 1.54) is 0 Å². The highest BCUT2D eigenvalue weighted by molar-refractivity contribution is 6.30. The number of hydrogen-bond acceptors (Lipinski definition) is 4. The van der Waals surface area contributed by atoms with E-state index in [1.807, 2.05) is 18.2 Å². The Hall–Kier alpha value is -3.12. The number of carbonyl (C=O) groups is 3. The molecule has 180 valence electrons. The molecule has 6 nitrogen and oxygen atoms in total. The van der Waals surface area contributed by atoms with Crippen molar-refractivity contribution in [2.24, 2.45) is 0 Å². The van der Waals surface area contributed by atoms with Gasteiger partial charge in [-0.2, -0.15) is 0 Å². The lowest BCUT2D eigenvalue weighted by atomic mass is 9.83. The van der Waals surface area contributed by atoms with Crippen LogP contribution in [0.15, 0.2) is 59.8 Å². The molecule has 0 aromatic heterocycles. The molecule has 0 radical (unpaired) electrons. The average molecular weight is 483 g/mol. The third kappa shape index (κ3) is 6.06. The van der Waals surface area contributed by atoms with Gasteiger partial charge in [-0.25, -0.2) is 4.79 Å². The maximum absolute atomic E-state index is 13.2. The summed E-state index contributed by atoms with van der Waals surface area (Å²) in [4.78, 5) is 40.2. The van der Waals surface area contributed by atoms with Gasteiger partial charge < -0.3 is 15.0 Å². The van der Waals surface area contributed by atoms with Crippen LogP contribution in [-0.4, -0.2) is 35.8 Å². The Morgan fingerprint density at radius 3 is 2.56 bits per heavy atom. The van der Waals surface area contributed by atoms with Crippen LogP contribution in [0.4, 0.5) is 0 Å². The average Bonchev–Trinajstić information content (AvgIpc) is 2.82. The summed E-state index contributed by atoms with van der Waals surface area (Å²) in [6.45, 7) is 6.73. The fraction of sp³-hybridized carbons (Fsp3) is 0.370. The van der Waals surface area contributed by atoms with Crippen molar-refractivity contribution in [2.75, 3.05) is 13.2 Å². The van der Waals surface area contributed by atoms with Crippen LogP contribution >= 0.6 is 11.6 Å². The van der Waals surface area contributed by atoms with Crippen LogP contribution in [0.2, 0.25) is 5.02 Å². The topological polar surface area (TPSA) is 75.7 Å². The predicted molar refractivity (Wildman–Crippen MR) is 132 cm³/mol. The van der Waals surface area contributed by atoms with Gasteiger partial charge in [-0.3, -0.25) is 9.59 Å². The Bertz CT molecular complexity index is 1080. The zero-order valence-corrected chi connectivity index (χ0v) is 20.7. The van der Waals surface area contributed by atoms with E-state index >= 15 is 0 Å². The van der Waals surface area contributed by atoms with Gasteiger partial charge in [0.05, 0.1) is 18.7 Å². The number of unbranched alkanes of at least 4 members (excludes halogenated alkanes) is 1. The van der Waals surface area contributed by atoms with E-state index in [9.17, 15) is 14.4 Å². The quantitative estimate of drug-likeness (QED) is 0.392. The van der Waals surface area contributed by atoms with Crippen molar-refractivity contribution in [3.05, 3.63) is 81.5 Å². The monoisotopic (exact) mass is 482 g/mol. The second-order valence-corrected chi connectivity index (χ2v) is 8.75. The number of hydrogen-bond donors (Lipinski definition) is 1. The molecule has 0 fully saturated rings. The number of halogens is 1. The lowest BCUT2D eigenvalue weighted by Gasteiger charge is -2.34. The van der Waals surface area contributed by atoms with Gasteiger partial charge in [0.25, 0.3) is 5.91 Å². The molecule has 1 N–H and O–H groups in total. The molecule has 1 unspecified atom stereocenters. The van der Waals surface area contributed by atoms with Gasteiger partial charge in [-0.15, -0.1) is 0 Å². The molecule has 0 bridgehead atoms. The van der Waals surface area contributed by atoms with Gasteiger partial charge in [0.1, 0.15) is 0 Å². The van der Waals surface area contributed by atoms with Crippen LogP contribution in [0, 0.1) is 0 Å². The number of esters is 1. The van der Waals surface area contributed by atoms with Crippen molar-refractivity contribution < 1.29 is 19.1 Å². The predicted octanol–water partition coefficient (Wildman–Crippen LogP) is 5.22. The standard InChI is InChI=1S/C27H31ClN2O4/c1-4-6-14-29-26(32)21-9-7-8-19(15-21)17-30-18(3)25(27(33)34-5-2)23(16-24(30)31)20-10-12-22(28)13-11-20/h7-13,15,23H,4-6,14,16-17H2,1-3H3,(H,29,32). The highest BCUT2D eigenvalue weighted by Crippen LogP contribution is 2.38. The maximum atomic E-state index is 13.2. The van der Waals surface area contributed by atoms with Crippen molar-refractivity contribution in [3.8, 4) is 0 Å². The summed E-state index contributed by atoms with van der Waals surface area (Å²) in [5.41, 5.74) is 3.23. The van der Waals surface area contributed by atoms with Gasteiger partial charge in [0.15, 0.2) is 0 Å². The van der Waals surface area contributed by atoms with Crippen LogP contribution in [0.1, 0.15) is 67.4 Å².